The van der Waals surface area contributed by atoms with Crippen LogP contribution in [-0.4, -0.2) is 27.0 Å². The van der Waals surface area contributed by atoms with Gasteiger partial charge in [-0.3, -0.25) is 0 Å². The fraction of sp³-hybridized carbons (Fsp3) is 0.538. The van der Waals surface area contributed by atoms with E-state index in [1.165, 1.54) is 6.07 Å². The van der Waals surface area contributed by atoms with Crippen LogP contribution in [-0.2, 0) is 16.0 Å². The Morgan fingerprint density at radius 1 is 1.33 bits per heavy atom. The summed E-state index contributed by atoms with van der Waals surface area (Å²) in [7, 11) is -3.16. The number of benzene rings is 1. The molecule has 0 fully saturated rings. The van der Waals surface area contributed by atoms with Crippen LogP contribution in [0, 0.1) is 0 Å². The van der Waals surface area contributed by atoms with Crippen LogP contribution < -0.4 is 5.32 Å². The predicted molar refractivity (Wildman–Crippen MR) is 79.9 cm³/mol. The highest BCUT2D eigenvalue weighted by atomic mass is 79.9. The van der Waals surface area contributed by atoms with Crippen LogP contribution in [0.25, 0.3) is 0 Å². The lowest BCUT2D eigenvalue weighted by Crippen LogP contribution is -2.24. The van der Waals surface area contributed by atoms with Crippen molar-refractivity contribution in [3.63, 3.8) is 0 Å². The molecule has 0 saturated heterocycles. The SMILES string of the molecule is CCNC(CCS(C)(=O)=O)c1ccc(Br)c(C(F)(F)F)c1. The zero-order valence-corrected chi connectivity index (χ0v) is 14.1. The summed E-state index contributed by atoms with van der Waals surface area (Å²) in [5.41, 5.74) is -0.335. The largest absolute Gasteiger partial charge is 0.417 e. The average molecular weight is 388 g/mol. The van der Waals surface area contributed by atoms with Gasteiger partial charge < -0.3 is 5.32 Å². The molecule has 0 radical (unpaired) electrons. The fourth-order valence-corrected chi connectivity index (χ4v) is 3.08. The number of nitrogens with one attached hydrogen (secondary N) is 1. The molecule has 0 bridgehead atoms. The van der Waals surface area contributed by atoms with E-state index in [4.69, 9.17) is 0 Å². The first-order valence-corrected chi connectivity index (χ1v) is 9.17. The summed E-state index contributed by atoms with van der Waals surface area (Å²) >= 11 is 2.89. The molecule has 120 valence electrons. The molecule has 0 aliphatic heterocycles. The van der Waals surface area contributed by atoms with E-state index in [-0.39, 0.29) is 16.6 Å². The molecule has 1 unspecified atom stereocenters. The number of sulfone groups is 1. The molecule has 1 rings (SSSR count). The fourth-order valence-electron chi connectivity index (χ4n) is 1.94. The second-order valence-corrected chi connectivity index (χ2v) is 7.88. The van der Waals surface area contributed by atoms with Gasteiger partial charge in [-0.15, -0.1) is 0 Å². The van der Waals surface area contributed by atoms with Crippen molar-refractivity contribution in [2.45, 2.75) is 25.6 Å². The number of rotatable bonds is 6. The van der Waals surface area contributed by atoms with Crippen molar-refractivity contribution in [2.24, 2.45) is 0 Å². The molecule has 0 aliphatic carbocycles. The van der Waals surface area contributed by atoms with Crippen LogP contribution in [0.3, 0.4) is 0 Å². The summed E-state index contributed by atoms with van der Waals surface area (Å²) in [6, 6.07) is 3.52. The van der Waals surface area contributed by atoms with Crippen LogP contribution in [0.5, 0.6) is 0 Å². The normalized spacial score (nSPS) is 14.2. The highest BCUT2D eigenvalue weighted by Crippen LogP contribution is 2.36. The van der Waals surface area contributed by atoms with Crippen LogP contribution in [0.4, 0.5) is 13.2 Å². The van der Waals surface area contributed by atoms with Gasteiger partial charge in [0.15, 0.2) is 0 Å². The minimum Gasteiger partial charge on any atom is -0.310 e. The van der Waals surface area contributed by atoms with E-state index in [0.29, 0.717) is 12.1 Å². The molecular weight excluding hydrogens is 371 g/mol. The van der Waals surface area contributed by atoms with Crippen molar-refractivity contribution in [2.75, 3.05) is 18.6 Å². The third kappa shape index (κ3) is 5.96. The minimum absolute atomic E-state index is 0.0305. The highest BCUT2D eigenvalue weighted by molar-refractivity contribution is 9.10. The van der Waals surface area contributed by atoms with Crippen LogP contribution in [0.15, 0.2) is 22.7 Å². The van der Waals surface area contributed by atoms with Gasteiger partial charge in [0.25, 0.3) is 0 Å². The van der Waals surface area contributed by atoms with E-state index in [0.717, 1.165) is 12.3 Å². The molecule has 1 aromatic carbocycles. The van der Waals surface area contributed by atoms with Gasteiger partial charge in [-0.05, 0) is 30.7 Å². The van der Waals surface area contributed by atoms with Gasteiger partial charge in [0.05, 0.1) is 11.3 Å². The molecule has 0 heterocycles. The monoisotopic (exact) mass is 387 g/mol. The van der Waals surface area contributed by atoms with E-state index < -0.39 is 27.6 Å². The lowest BCUT2D eigenvalue weighted by atomic mass is 10.0. The Morgan fingerprint density at radius 2 is 1.95 bits per heavy atom. The summed E-state index contributed by atoms with van der Waals surface area (Å²) in [5, 5.41) is 3.02. The van der Waals surface area contributed by atoms with Gasteiger partial charge in [0, 0.05) is 16.8 Å². The molecule has 0 aromatic heterocycles. The Balaban J connectivity index is 3.08. The number of alkyl halides is 3. The predicted octanol–water partition coefficient (Wildman–Crippen LogP) is 3.55. The van der Waals surface area contributed by atoms with Gasteiger partial charge in [-0.25, -0.2) is 8.42 Å². The topological polar surface area (TPSA) is 46.2 Å². The summed E-state index contributed by atoms with van der Waals surface area (Å²) in [5.74, 6) is -0.0813. The molecule has 21 heavy (non-hydrogen) atoms. The van der Waals surface area contributed by atoms with Gasteiger partial charge in [-0.2, -0.15) is 13.2 Å². The lowest BCUT2D eigenvalue weighted by molar-refractivity contribution is -0.138. The second-order valence-electron chi connectivity index (χ2n) is 4.77. The molecular formula is C13H17BrF3NO2S. The zero-order valence-electron chi connectivity index (χ0n) is 11.7. The Hall–Kier alpha value is -0.600. The smallest absolute Gasteiger partial charge is 0.310 e. The van der Waals surface area contributed by atoms with Crippen molar-refractivity contribution in [1.29, 1.82) is 0 Å². The van der Waals surface area contributed by atoms with Crippen LogP contribution in [0.2, 0.25) is 0 Å². The van der Waals surface area contributed by atoms with Gasteiger partial charge in [0.1, 0.15) is 9.84 Å². The molecule has 1 atom stereocenters. The van der Waals surface area contributed by atoms with E-state index >= 15 is 0 Å². The maximum Gasteiger partial charge on any atom is 0.417 e. The first kappa shape index (κ1) is 18.4. The molecule has 1 N–H and O–H groups in total. The zero-order chi connectivity index (χ0) is 16.3. The third-order valence-corrected chi connectivity index (χ3v) is 4.59. The Bertz CT molecular complexity index is 588. The molecule has 8 heteroatoms. The first-order chi connectivity index (χ1) is 9.54. The van der Waals surface area contributed by atoms with E-state index in [1.807, 2.05) is 6.92 Å². The van der Waals surface area contributed by atoms with E-state index in [9.17, 15) is 21.6 Å². The summed E-state index contributed by atoms with van der Waals surface area (Å²) in [4.78, 5) is 0. The molecule has 0 spiro atoms. The van der Waals surface area contributed by atoms with Crippen LogP contribution in [0.1, 0.15) is 30.5 Å². The maximum atomic E-state index is 12.9. The Labute approximate surface area is 131 Å². The molecule has 0 amide bonds. The highest BCUT2D eigenvalue weighted by Gasteiger charge is 2.33. The third-order valence-electron chi connectivity index (χ3n) is 2.93. The summed E-state index contributed by atoms with van der Waals surface area (Å²) in [6.45, 7) is 2.35. The Kier molecular flexibility index (Phi) is 6.24. The van der Waals surface area contributed by atoms with E-state index in [1.54, 1.807) is 6.07 Å². The molecule has 1 aromatic rings. The number of halogens is 4. The second kappa shape index (κ2) is 7.11. The van der Waals surface area contributed by atoms with Crippen molar-refractivity contribution >= 4 is 25.8 Å². The van der Waals surface area contributed by atoms with Crippen LogP contribution >= 0.6 is 15.9 Å². The molecule has 0 saturated carbocycles. The average Bonchev–Trinajstić information content (AvgIpc) is 2.33. The molecule has 0 aliphatic rings. The van der Waals surface area contributed by atoms with Gasteiger partial charge in [0.2, 0.25) is 0 Å². The number of hydrogen-bond donors (Lipinski definition) is 1. The van der Waals surface area contributed by atoms with Crippen molar-refractivity contribution in [3.05, 3.63) is 33.8 Å². The summed E-state index contributed by atoms with van der Waals surface area (Å²) < 4.78 is 61.2. The van der Waals surface area contributed by atoms with Crippen molar-refractivity contribution in [3.8, 4) is 0 Å². The summed E-state index contributed by atoms with van der Waals surface area (Å²) in [6.07, 6.45) is -3.12. The van der Waals surface area contributed by atoms with Crippen molar-refractivity contribution in [1.82, 2.24) is 5.32 Å². The Morgan fingerprint density at radius 3 is 2.43 bits per heavy atom. The van der Waals surface area contributed by atoms with Gasteiger partial charge >= 0.3 is 6.18 Å². The van der Waals surface area contributed by atoms with Crippen molar-refractivity contribution < 1.29 is 21.6 Å². The number of hydrogen-bond acceptors (Lipinski definition) is 3. The molecule has 3 nitrogen and oxygen atoms in total. The minimum atomic E-state index is -4.46. The standard InChI is InChI=1S/C13H17BrF3NO2S/c1-3-18-12(6-7-21(2,19)20)9-4-5-11(14)10(8-9)13(15,16)17/h4-5,8,12,18H,3,6-7H2,1-2H3. The van der Waals surface area contributed by atoms with E-state index in [2.05, 4.69) is 21.2 Å². The quantitative estimate of drug-likeness (QED) is 0.811. The first-order valence-electron chi connectivity index (χ1n) is 6.32. The van der Waals surface area contributed by atoms with Gasteiger partial charge in [-0.1, -0.05) is 28.9 Å². The lowest BCUT2D eigenvalue weighted by Gasteiger charge is -2.20. The maximum absolute atomic E-state index is 12.9.